The number of amides is 1. The van der Waals surface area contributed by atoms with Crippen molar-refractivity contribution in [1.29, 1.82) is 0 Å². The number of halogens is 2. The van der Waals surface area contributed by atoms with Gasteiger partial charge in [0.1, 0.15) is 29.9 Å². The van der Waals surface area contributed by atoms with Gasteiger partial charge >= 0.3 is 0 Å². The maximum Gasteiger partial charge on any atom is 0.260 e. The molecule has 0 saturated heterocycles. The van der Waals surface area contributed by atoms with E-state index in [0.29, 0.717) is 23.4 Å². The number of allylic oxidation sites excluding steroid dienone is 1. The average molecular weight is 445 g/mol. The first kappa shape index (κ1) is 23.0. The molecule has 2 heterocycles. The summed E-state index contributed by atoms with van der Waals surface area (Å²) in [6.07, 6.45) is 6.11. The Balaban J connectivity index is 1.80. The lowest BCUT2D eigenvalue weighted by atomic mass is 10.0. The van der Waals surface area contributed by atoms with Gasteiger partial charge in [-0.1, -0.05) is 6.92 Å². The Morgan fingerprint density at radius 3 is 2.72 bits per heavy atom. The van der Waals surface area contributed by atoms with E-state index >= 15 is 0 Å². The number of hydrogen-bond acceptors (Lipinski definition) is 7. The Morgan fingerprint density at radius 2 is 2.12 bits per heavy atom. The van der Waals surface area contributed by atoms with E-state index in [1.807, 2.05) is 6.92 Å². The number of alkyl halides is 2. The van der Waals surface area contributed by atoms with E-state index in [1.54, 1.807) is 32.4 Å². The predicted octanol–water partition coefficient (Wildman–Crippen LogP) is 1.73. The summed E-state index contributed by atoms with van der Waals surface area (Å²) in [7, 11) is 1.67. The molecule has 0 bridgehead atoms. The van der Waals surface area contributed by atoms with E-state index in [0.717, 1.165) is 5.57 Å². The van der Waals surface area contributed by atoms with Gasteiger partial charge in [0.15, 0.2) is 5.78 Å². The number of nitrogens with zero attached hydrogens (tertiary/aromatic N) is 3. The molecule has 0 radical (unpaired) electrons. The second-order valence-corrected chi connectivity index (χ2v) is 7.48. The Morgan fingerprint density at radius 1 is 1.41 bits per heavy atom. The number of carbonyl (C=O) groups excluding carboxylic acids is 2. The summed E-state index contributed by atoms with van der Waals surface area (Å²) in [5.74, 6) is -4.85. The fraction of sp³-hybridized carbons (Fsp3) is 0.381. The Labute approximate surface area is 184 Å². The van der Waals surface area contributed by atoms with Gasteiger partial charge in [-0.25, -0.2) is 23.7 Å². The first-order chi connectivity index (χ1) is 15.2. The number of anilines is 1. The molecule has 1 aliphatic heterocycles. The summed E-state index contributed by atoms with van der Waals surface area (Å²) in [6, 6.07) is 1.02. The first-order valence-electron chi connectivity index (χ1n) is 10.1. The predicted molar refractivity (Wildman–Crippen MR) is 116 cm³/mol. The number of dihydropyridines is 1. The van der Waals surface area contributed by atoms with Crippen LogP contribution in [0, 0.1) is 5.92 Å². The van der Waals surface area contributed by atoms with Gasteiger partial charge in [-0.3, -0.25) is 9.59 Å². The molecule has 5 N–H and O–H groups in total. The Bertz CT molecular complexity index is 1050. The van der Waals surface area contributed by atoms with Crippen molar-refractivity contribution in [2.45, 2.75) is 38.7 Å². The number of amidine groups is 1. The third-order valence-electron chi connectivity index (χ3n) is 5.06. The fourth-order valence-corrected chi connectivity index (χ4v) is 3.09. The molecule has 2 atom stereocenters. The third kappa shape index (κ3) is 5.16. The Hall–Kier alpha value is -3.63. The highest BCUT2D eigenvalue weighted by atomic mass is 19.3. The van der Waals surface area contributed by atoms with Crippen molar-refractivity contribution in [3.8, 4) is 0 Å². The average Bonchev–Trinajstić information content (AvgIpc) is 3.41. The Kier molecular flexibility index (Phi) is 6.66. The minimum absolute atomic E-state index is 0.0619. The smallest absolute Gasteiger partial charge is 0.260 e. The van der Waals surface area contributed by atoms with Crippen LogP contribution >= 0.6 is 0 Å². The lowest BCUT2D eigenvalue weighted by molar-refractivity contribution is -0.120. The number of aliphatic imine (C=N–C) groups is 1. The monoisotopic (exact) mass is 445 g/mol. The summed E-state index contributed by atoms with van der Waals surface area (Å²) >= 11 is 0. The molecule has 0 aromatic carbocycles. The van der Waals surface area contributed by atoms with Gasteiger partial charge in [-0.15, -0.1) is 0 Å². The van der Waals surface area contributed by atoms with Crippen LogP contribution in [0.3, 0.4) is 0 Å². The van der Waals surface area contributed by atoms with E-state index < -0.39 is 30.2 Å². The molecule has 1 aromatic heterocycles. The summed E-state index contributed by atoms with van der Waals surface area (Å²) in [5, 5.41) is 8.24. The van der Waals surface area contributed by atoms with Gasteiger partial charge in [0.25, 0.3) is 5.92 Å². The first-order valence-corrected chi connectivity index (χ1v) is 10.1. The molecule has 1 aliphatic carbocycles. The summed E-state index contributed by atoms with van der Waals surface area (Å²) < 4.78 is 26.3. The molecular formula is C21H25F2N7O2. The zero-order valence-corrected chi connectivity index (χ0v) is 17.9. The van der Waals surface area contributed by atoms with Gasteiger partial charge in [-0.05, 0) is 18.6 Å². The van der Waals surface area contributed by atoms with Crippen LogP contribution in [0.5, 0.6) is 0 Å². The van der Waals surface area contributed by atoms with Crippen LogP contribution in [0.4, 0.5) is 14.6 Å². The highest BCUT2D eigenvalue weighted by Crippen LogP contribution is 2.49. The molecule has 1 fully saturated rings. The molecule has 170 valence electrons. The molecule has 3 rings (SSSR count). The zero-order chi connectivity index (χ0) is 23.5. The molecule has 11 heteroatoms. The number of Topliss-reactive ketones (excluding diaryl/α,β-unsaturated/α-hetero) is 1. The molecule has 9 nitrogen and oxygen atoms in total. The topological polar surface area (TPSA) is 134 Å². The molecule has 2 unspecified atom stereocenters. The number of nitrogens with one attached hydrogen (secondary N) is 3. The minimum Gasteiger partial charge on any atom is -0.393 e. The molecule has 1 amide bonds. The molecule has 32 heavy (non-hydrogen) atoms. The molecular weight excluding hydrogens is 420 g/mol. The fourth-order valence-electron chi connectivity index (χ4n) is 3.09. The van der Waals surface area contributed by atoms with Crippen molar-refractivity contribution in [1.82, 2.24) is 20.6 Å². The van der Waals surface area contributed by atoms with Crippen molar-refractivity contribution in [3.63, 3.8) is 0 Å². The molecule has 1 aromatic rings. The van der Waals surface area contributed by atoms with Gasteiger partial charge in [-0.2, -0.15) is 0 Å². The van der Waals surface area contributed by atoms with Crippen LogP contribution < -0.4 is 21.7 Å². The number of ketones is 1. The van der Waals surface area contributed by atoms with Crippen LogP contribution in [0.1, 0.15) is 32.4 Å². The van der Waals surface area contributed by atoms with E-state index in [2.05, 4.69) is 30.9 Å². The largest absolute Gasteiger partial charge is 0.393 e. The van der Waals surface area contributed by atoms with Crippen LogP contribution in [0.25, 0.3) is 5.57 Å². The van der Waals surface area contributed by atoms with Crippen molar-refractivity contribution in [2.75, 3.05) is 12.4 Å². The van der Waals surface area contributed by atoms with Crippen molar-refractivity contribution >= 4 is 28.9 Å². The normalized spacial score (nSPS) is 22.3. The number of nitrogens with two attached hydrogens (primary N) is 1. The van der Waals surface area contributed by atoms with Gasteiger partial charge in [0.2, 0.25) is 5.91 Å². The molecule has 1 saturated carbocycles. The number of aromatic nitrogens is 2. The second kappa shape index (κ2) is 9.25. The van der Waals surface area contributed by atoms with Crippen LogP contribution in [0.15, 0.2) is 47.1 Å². The highest BCUT2D eigenvalue weighted by molar-refractivity contribution is 6.21. The lowest BCUT2D eigenvalue weighted by Crippen LogP contribution is -2.33. The summed E-state index contributed by atoms with van der Waals surface area (Å²) in [4.78, 5) is 36.4. The number of rotatable bonds is 8. The van der Waals surface area contributed by atoms with Gasteiger partial charge < -0.3 is 21.7 Å². The van der Waals surface area contributed by atoms with E-state index in [-0.39, 0.29) is 17.4 Å². The zero-order valence-electron chi connectivity index (χ0n) is 17.9. The molecule has 0 spiro atoms. The summed E-state index contributed by atoms with van der Waals surface area (Å²) in [5.41, 5.74) is 8.29. The lowest BCUT2D eigenvalue weighted by Gasteiger charge is -2.19. The van der Waals surface area contributed by atoms with Crippen LogP contribution in [0.2, 0.25) is 0 Å². The van der Waals surface area contributed by atoms with Crippen LogP contribution in [-0.4, -0.2) is 46.5 Å². The highest BCUT2D eigenvalue weighted by Gasteiger charge is 2.61. The van der Waals surface area contributed by atoms with Crippen molar-refractivity contribution in [3.05, 3.63) is 47.8 Å². The standard InChI is InChI=1S/C21H25F2N7O2/c1-4-17(31)15-5-11(2)16(9-26-15)29-19(24)12(8-25-3)14-6-18(28-10-27-14)30-20(32)13-7-21(13,22)23/h5-6,8-10,13,15,25-26H,4,7H2,1-3H3,(H2,24,29)(H,27,28,30,32)/b12-8-. The van der Waals surface area contributed by atoms with Gasteiger partial charge in [0, 0.05) is 38.4 Å². The third-order valence-corrected chi connectivity index (χ3v) is 5.06. The van der Waals surface area contributed by atoms with E-state index in [9.17, 15) is 18.4 Å². The maximum atomic E-state index is 13.1. The van der Waals surface area contributed by atoms with E-state index in [1.165, 1.54) is 12.4 Å². The quantitative estimate of drug-likeness (QED) is 0.354. The summed E-state index contributed by atoms with van der Waals surface area (Å²) in [6.45, 7) is 3.62. The minimum atomic E-state index is -2.97. The van der Waals surface area contributed by atoms with Crippen molar-refractivity contribution < 1.29 is 18.4 Å². The maximum absolute atomic E-state index is 13.1. The SMILES string of the molecule is CCC(=O)C1C=C(C)C(N=C(N)/C(=C\NC)c2cc(NC(=O)C3CC3(F)F)ncn2)=CN1. The number of carbonyl (C=O) groups is 2. The number of hydrogen-bond donors (Lipinski definition) is 4. The second-order valence-electron chi connectivity index (χ2n) is 7.48. The van der Waals surface area contributed by atoms with Crippen molar-refractivity contribution in [2.24, 2.45) is 16.6 Å². The van der Waals surface area contributed by atoms with E-state index in [4.69, 9.17) is 5.73 Å². The molecule has 2 aliphatic rings. The van der Waals surface area contributed by atoms with Crippen LogP contribution in [-0.2, 0) is 9.59 Å². The van der Waals surface area contributed by atoms with Gasteiger partial charge in [0.05, 0.1) is 17.0 Å².